The van der Waals surface area contributed by atoms with Crippen molar-refractivity contribution in [2.45, 2.75) is 13.0 Å². The Morgan fingerprint density at radius 2 is 1.52 bits per heavy atom. The number of para-hydroxylation sites is 3. The maximum absolute atomic E-state index is 12.7. The summed E-state index contributed by atoms with van der Waals surface area (Å²) >= 11 is 0. The van der Waals surface area contributed by atoms with E-state index in [1.807, 2.05) is 54.6 Å². The summed E-state index contributed by atoms with van der Waals surface area (Å²) in [6.07, 6.45) is 0.595. The number of fused-ring (bicyclic) bond motifs is 1. The van der Waals surface area contributed by atoms with Crippen LogP contribution >= 0.6 is 0 Å². The van der Waals surface area contributed by atoms with Crippen molar-refractivity contribution in [2.24, 2.45) is 0 Å². The Hall–Kier alpha value is -5.24. The van der Waals surface area contributed by atoms with E-state index < -0.39 is 0 Å². The van der Waals surface area contributed by atoms with E-state index in [1.54, 1.807) is 48.5 Å². The smallest absolute Gasteiger partial charge is 0.287 e. The van der Waals surface area contributed by atoms with Gasteiger partial charge in [-0.05, 0) is 67.1 Å². The van der Waals surface area contributed by atoms with Crippen LogP contribution in [0.2, 0.25) is 0 Å². The fraction of sp³-hybridized carbons (Fsp3) is 0.125. The van der Waals surface area contributed by atoms with Gasteiger partial charge >= 0.3 is 0 Å². The maximum Gasteiger partial charge on any atom is 0.287 e. The molecule has 0 saturated heterocycles. The highest BCUT2D eigenvalue weighted by molar-refractivity contribution is 6.05. The van der Waals surface area contributed by atoms with Crippen LogP contribution in [0.15, 0.2) is 108 Å². The monoisotopic (exact) mass is 535 g/mol. The van der Waals surface area contributed by atoms with Gasteiger partial charge in [0.05, 0.1) is 18.0 Å². The number of furan rings is 1. The van der Waals surface area contributed by atoms with Gasteiger partial charge in [0.2, 0.25) is 0 Å². The first-order valence-corrected chi connectivity index (χ1v) is 12.9. The zero-order valence-corrected chi connectivity index (χ0v) is 21.8. The van der Waals surface area contributed by atoms with E-state index in [-0.39, 0.29) is 17.6 Å². The standard InChI is InChI=1S/C32H29N3O5/c33-27-11-4-5-12-28(27)35-31(36)22-14-16-25(17-15-22)38-19-7-18-34-32(37)30-20-26-23(8-6-13-29(26)40-30)21-39-24-9-2-1-3-10-24/h1-6,8-17,20H,7,18-19,21,33H2,(H,34,37)(H,35,36). The number of rotatable bonds is 11. The summed E-state index contributed by atoms with van der Waals surface area (Å²) in [5, 5.41) is 6.51. The van der Waals surface area contributed by atoms with Gasteiger partial charge in [-0.2, -0.15) is 0 Å². The van der Waals surface area contributed by atoms with Crippen LogP contribution < -0.4 is 25.8 Å². The number of hydrogen-bond acceptors (Lipinski definition) is 6. The van der Waals surface area contributed by atoms with E-state index in [9.17, 15) is 9.59 Å². The van der Waals surface area contributed by atoms with Gasteiger partial charge in [-0.1, -0.05) is 42.5 Å². The van der Waals surface area contributed by atoms with Gasteiger partial charge in [-0.15, -0.1) is 0 Å². The van der Waals surface area contributed by atoms with E-state index in [1.165, 1.54) is 0 Å². The normalized spacial score (nSPS) is 10.7. The molecule has 8 nitrogen and oxygen atoms in total. The highest BCUT2D eigenvalue weighted by Gasteiger charge is 2.14. The van der Waals surface area contributed by atoms with E-state index in [0.29, 0.717) is 54.5 Å². The Kier molecular flexibility index (Phi) is 8.26. The van der Waals surface area contributed by atoms with Crippen molar-refractivity contribution in [3.63, 3.8) is 0 Å². The number of benzene rings is 4. The highest BCUT2D eigenvalue weighted by Crippen LogP contribution is 2.25. The van der Waals surface area contributed by atoms with Crippen molar-refractivity contribution in [2.75, 3.05) is 24.2 Å². The SMILES string of the molecule is Nc1ccccc1NC(=O)c1ccc(OCCCNC(=O)c2cc3c(COc4ccccc4)cccc3o2)cc1. The second-order valence-corrected chi connectivity index (χ2v) is 9.06. The van der Waals surface area contributed by atoms with Gasteiger partial charge in [0, 0.05) is 23.1 Å². The second-order valence-electron chi connectivity index (χ2n) is 9.06. The number of hydrogen-bond donors (Lipinski definition) is 3. The molecular formula is C32H29N3O5. The number of ether oxygens (including phenoxy) is 2. The summed E-state index contributed by atoms with van der Waals surface area (Å²) in [6.45, 7) is 1.18. The van der Waals surface area contributed by atoms with Crippen molar-refractivity contribution in [1.82, 2.24) is 5.32 Å². The van der Waals surface area contributed by atoms with Crippen molar-refractivity contribution >= 4 is 34.2 Å². The largest absolute Gasteiger partial charge is 0.494 e. The zero-order chi connectivity index (χ0) is 27.7. The Bertz CT molecular complexity index is 1600. The number of nitrogens with one attached hydrogen (secondary N) is 2. The molecule has 0 radical (unpaired) electrons. The summed E-state index contributed by atoms with van der Waals surface area (Å²) in [4.78, 5) is 25.1. The molecule has 0 bridgehead atoms. The van der Waals surface area contributed by atoms with Crippen LogP contribution in [0, 0.1) is 0 Å². The van der Waals surface area contributed by atoms with Gasteiger partial charge in [0.25, 0.3) is 11.8 Å². The van der Waals surface area contributed by atoms with Crippen LogP contribution in [0.3, 0.4) is 0 Å². The molecule has 8 heteroatoms. The van der Waals surface area contributed by atoms with Gasteiger partial charge in [0.15, 0.2) is 5.76 Å². The molecule has 5 aromatic rings. The third-order valence-electron chi connectivity index (χ3n) is 6.21. The van der Waals surface area contributed by atoms with E-state index in [0.717, 1.165) is 16.7 Å². The van der Waals surface area contributed by atoms with Crippen LogP contribution in [-0.4, -0.2) is 25.0 Å². The first-order valence-electron chi connectivity index (χ1n) is 12.9. The average molecular weight is 536 g/mol. The van der Waals surface area contributed by atoms with Gasteiger partial charge < -0.3 is 30.3 Å². The number of carbonyl (C=O) groups is 2. The first kappa shape index (κ1) is 26.4. The van der Waals surface area contributed by atoms with Crippen molar-refractivity contribution < 1.29 is 23.5 Å². The van der Waals surface area contributed by atoms with Gasteiger partial charge in [0.1, 0.15) is 23.7 Å². The molecule has 0 aliphatic heterocycles. The summed E-state index contributed by atoms with van der Waals surface area (Å²) in [6, 6.07) is 30.9. The Balaban J connectivity index is 1.07. The molecule has 1 aromatic heterocycles. The van der Waals surface area contributed by atoms with Crippen molar-refractivity contribution in [3.05, 3.63) is 120 Å². The molecule has 4 aromatic carbocycles. The minimum atomic E-state index is -0.291. The van der Waals surface area contributed by atoms with Gasteiger partial charge in [-0.3, -0.25) is 9.59 Å². The van der Waals surface area contributed by atoms with Gasteiger partial charge in [-0.25, -0.2) is 0 Å². The molecule has 4 N–H and O–H groups in total. The Labute approximate surface area is 231 Å². The molecule has 0 aliphatic carbocycles. The average Bonchev–Trinajstić information content (AvgIpc) is 3.43. The van der Waals surface area contributed by atoms with Crippen LogP contribution in [0.25, 0.3) is 11.0 Å². The predicted octanol–water partition coefficient (Wildman–Crippen LogP) is 6.05. The third kappa shape index (κ3) is 6.60. The summed E-state index contributed by atoms with van der Waals surface area (Å²) in [5.74, 6) is 1.10. The lowest BCUT2D eigenvalue weighted by Gasteiger charge is -2.09. The lowest BCUT2D eigenvalue weighted by molar-refractivity contribution is 0.0925. The molecule has 0 spiro atoms. The molecule has 0 saturated carbocycles. The highest BCUT2D eigenvalue weighted by atomic mass is 16.5. The van der Waals surface area contributed by atoms with Crippen LogP contribution in [0.4, 0.5) is 11.4 Å². The van der Waals surface area contributed by atoms with E-state index >= 15 is 0 Å². The second kappa shape index (κ2) is 12.5. The van der Waals surface area contributed by atoms with E-state index in [2.05, 4.69) is 10.6 Å². The van der Waals surface area contributed by atoms with Crippen molar-refractivity contribution in [3.8, 4) is 11.5 Å². The first-order chi connectivity index (χ1) is 19.6. The fourth-order valence-corrected chi connectivity index (χ4v) is 4.10. The lowest BCUT2D eigenvalue weighted by Crippen LogP contribution is -2.25. The Morgan fingerprint density at radius 1 is 0.775 bits per heavy atom. The number of anilines is 2. The summed E-state index contributed by atoms with van der Waals surface area (Å²) in [7, 11) is 0. The molecule has 40 heavy (non-hydrogen) atoms. The summed E-state index contributed by atoms with van der Waals surface area (Å²) in [5.41, 5.74) is 9.01. The van der Waals surface area contributed by atoms with Crippen molar-refractivity contribution in [1.29, 1.82) is 0 Å². The molecule has 5 rings (SSSR count). The van der Waals surface area contributed by atoms with Crippen LogP contribution in [0.5, 0.6) is 11.5 Å². The number of amides is 2. The maximum atomic E-state index is 12.7. The molecule has 2 amide bonds. The fourth-order valence-electron chi connectivity index (χ4n) is 4.10. The molecule has 0 aliphatic rings. The molecule has 0 atom stereocenters. The molecule has 0 unspecified atom stereocenters. The molecule has 1 heterocycles. The lowest BCUT2D eigenvalue weighted by atomic mass is 10.1. The summed E-state index contributed by atoms with van der Waals surface area (Å²) < 4.78 is 17.4. The van der Waals surface area contributed by atoms with Crippen LogP contribution in [0.1, 0.15) is 32.9 Å². The minimum absolute atomic E-state index is 0.245. The zero-order valence-electron chi connectivity index (χ0n) is 21.8. The molecule has 202 valence electrons. The minimum Gasteiger partial charge on any atom is -0.494 e. The number of nitrogen functional groups attached to an aromatic ring is 1. The van der Waals surface area contributed by atoms with Crippen LogP contribution in [-0.2, 0) is 6.61 Å². The van der Waals surface area contributed by atoms with E-state index in [4.69, 9.17) is 19.6 Å². The number of nitrogens with two attached hydrogens (primary N) is 1. The quantitative estimate of drug-likeness (QED) is 0.140. The third-order valence-corrected chi connectivity index (χ3v) is 6.21. The number of carbonyl (C=O) groups excluding carboxylic acids is 2. The Morgan fingerprint density at radius 3 is 2.33 bits per heavy atom. The predicted molar refractivity (Wildman–Crippen MR) is 155 cm³/mol. The molecular weight excluding hydrogens is 506 g/mol. The molecule has 0 fully saturated rings. The topological polar surface area (TPSA) is 116 Å².